The highest BCUT2D eigenvalue weighted by Crippen LogP contribution is 2.58. The van der Waals surface area contributed by atoms with Gasteiger partial charge in [0.1, 0.15) is 18.8 Å². The van der Waals surface area contributed by atoms with Crippen molar-refractivity contribution in [2.45, 2.75) is 58.0 Å². The lowest BCUT2D eigenvalue weighted by molar-refractivity contribution is -0.153. The van der Waals surface area contributed by atoms with Crippen molar-refractivity contribution >= 4 is 22.2 Å². The summed E-state index contributed by atoms with van der Waals surface area (Å²) in [5, 5.41) is 2.07. The molecule has 3 fully saturated rings. The van der Waals surface area contributed by atoms with E-state index in [9.17, 15) is 18.0 Å². The summed E-state index contributed by atoms with van der Waals surface area (Å²) in [6, 6.07) is 0. The van der Waals surface area contributed by atoms with E-state index in [0.29, 0.717) is 12.8 Å². The third-order valence-corrected chi connectivity index (χ3v) is 8.13. The van der Waals surface area contributed by atoms with Gasteiger partial charge in [-0.05, 0) is 32.6 Å². The molecule has 1 heterocycles. The lowest BCUT2D eigenvalue weighted by Crippen LogP contribution is -2.43. The quantitative estimate of drug-likeness (QED) is 0.416. The van der Waals surface area contributed by atoms with Gasteiger partial charge in [0.05, 0.1) is 17.2 Å². The number of amides is 1. The van der Waals surface area contributed by atoms with E-state index >= 15 is 0 Å². The molecule has 6 atom stereocenters. The van der Waals surface area contributed by atoms with Crippen LogP contribution in [-0.2, 0) is 28.6 Å². The van der Waals surface area contributed by atoms with E-state index in [1.165, 1.54) is 0 Å². The van der Waals surface area contributed by atoms with Gasteiger partial charge in [-0.2, -0.15) is 8.42 Å². The molecule has 8 nitrogen and oxygen atoms in total. The first-order valence-electron chi connectivity index (χ1n) is 9.12. The summed E-state index contributed by atoms with van der Waals surface area (Å²) < 4.78 is 40.0. The number of carbonyl (C=O) groups excluding carboxylic acids is 2. The second-order valence-electron chi connectivity index (χ2n) is 8.11. The van der Waals surface area contributed by atoms with Gasteiger partial charge in [-0.3, -0.25) is 8.98 Å². The predicted octanol–water partition coefficient (Wildman–Crippen LogP) is 1.44. The Hall–Kier alpha value is -1.35. The highest BCUT2D eigenvalue weighted by molar-refractivity contribution is 7.87. The molecule has 1 amide bonds. The zero-order chi connectivity index (χ0) is 19.3. The van der Waals surface area contributed by atoms with E-state index in [0.717, 1.165) is 0 Å². The zero-order valence-corrected chi connectivity index (χ0v) is 16.4. The summed E-state index contributed by atoms with van der Waals surface area (Å²) in [6.45, 7) is 7.57. The molecule has 148 valence electrons. The van der Waals surface area contributed by atoms with Crippen molar-refractivity contribution in [2.24, 2.45) is 23.2 Å². The van der Waals surface area contributed by atoms with Crippen molar-refractivity contribution in [1.82, 2.24) is 5.32 Å². The minimum atomic E-state index is -3.57. The second-order valence-corrected chi connectivity index (χ2v) is 9.83. The maximum absolute atomic E-state index is 12.1. The minimum absolute atomic E-state index is 0.00112. The van der Waals surface area contributed by atoms with Gasteiger partial charge < -0.3 is 14.8 Å². The SMILES string of the molecule is CCC(C)(C)C(=O)OCCNC(=O)OC1C2CC3C1OS(=O)(=O)C3C2C. The lowest BCUT2D eigenvalue weighted by atomic mass is 9.86. The fraction of sp³-hybridized carbons (Fsp3) is 0.882. The van der Waals surface area contributed by atoms with Crippen LogP contribution in [0.2, 0.25) is 0 Å². The molecule has 1 saturated heterocycles. The maximum atomic E-state index is 12.1. The Morgan fingerprint density at radius 1 is 1.27 bits per heavy atom. The third kappa shape index (κ3) is 3.19. The Morgan fingerprint density at radius 2 is 1.96 bits per heavy atom. The molecule has 9 heteroatoms. The van der Waals surface area contributed by atoms with Gasteiger partial charge in [0.25, 0.3) is 10.1 Å². The molecule has 6 unspecified atom stereocenters. The smallest absolute Gasteiger partial charge is 0.407 e. The summed E-state index contributed by atoms with van der Waals surface area (Å²) >= 11 is 0. The monoisotopic (exact) mass is 389 g/mol. The number of ether oxygens (including phenoxy) is 2. The molecule has 0 spiro atoms. The van der Waals surface area contributed by atoms with Crippen LogP contribution in [0.5, 0.6) is 0 Å². The zero-order valence-electron chi connectivity index (χ0n) is 15.6. The number of carbonyl (C=O) groups is 2. The average Bonchev–Trinajstić information content (AvgIpc) is 3.14. The minimum Gasteiger partial charge on any atom is -0.463 e. The normalized spacial score (nSPS) is 36.8. The fourth-order valence-electron chi connectivity index (χ4n) is 4.32. The van der Waals surface area contributed by atoms with E-state index in [-0.39, 0.29) is 36.9 Å². The number of alkyl carbamates (subject to hydrolysis) is 1. The average molecular weight is 389 g/mol. The molecule has 2 bridgehead atoms. The molecular weight excluding hydrogens is 362 g/mol. The van der Waals surface area contributed by atoms with E-state index in [1.807, 2.05) is 13.8 Å². The highest BCUT2D eigenvalue weighted by Gasteiger charge is 2.68. The third-order valence-electron chi connectivity index (χ3n) is 6.19. The van der Waals surface area contributed by atoms with E-state index in [4.69, 9.17) is 13.7 Å². The molecule has 3 aliphatic rings. The fourth-order valence-corrected chi connectivity index (χ4v) is 6.43. The number of esters is 1. The molecule has 0 aromatic carbocycles. The summed E-state index contributed by atoms with van der Waals surface area (Å²) in [6.07, 6.45) is -0.401. The first-order chi connectivity index (χ1) is 12.1. The van der Waals surface area contributed by atoms with Crippen LogP contribution in [0.4, 0.5) is 4.79 Å². The van der Waals surface area contributed by atoms with Crippen LogP contribution < -0.4 is 5.32 Å². The first-order valence-corrected chi connectivity index (χ1v) is 10.6. The van der Waals surface area contributed by atoms with Gasteiger partial charge in [-0.15, -0.1) is 0 Å². The number of hydrogen-bond acceptors (Lipinski definition) is 7. The molecule has 0 radical (unpaired) electrons. The first kappa shape index (κ1) is 19.4. The van der Waals surface area contributed by atoms with Crippen molar-refractivity contribution < 1.29 is 31.7 Å². The van der Waals surface area contributed by atoms with Crippen molar-refractivity contribution in [3.63, 3.8) is 0 Å². The van der Waals surface area contributed by atoms with E-state index < -0.39 is 39.1 Å². The van der Waals surface area contributed by atoms with Crippen molar-refractivity contribution in [1.29, 1.82) is 0 Å². The van der Waals surface area contributed by atoms with Gasteiger partial charge in [0.2, 0.25) is 0 Å². The van der Waals surface area contributed by atoms with Crippen molar-refractivity contribution in [3.05, 3.63) is 0 Å². The van der Waals surface area contributed by atoms with Crippen LogP contribution in [0, 0.1) is 23.2 Å². The van der Waals surface area contributed by atoms with Crippen LogP contribution >= 0.6 is 0 Å². The molecule has 3 rings (SSSR count). The van der Waals surface area contributed by atoms with Crippen molar-refractivity contribution in [2.75, 3.05) is 13.2 Å². The molecule has 0 aromatic rings. The summed E-state index contributed by atoms with van der Waals surface area (Å²) in [4.78, 5) is 23.9. The molecular formula is C17H27NO7S. The van der Waals surface area contributed by atoms with Gasteiger partial charge in [0, 0.05) is 11.8 Å². The van der Waals surface area contributed by atoms with Crippen LogP contribution in [-0.4, -0.2) is 51.1 Å². The summed E-state index contributed by atoms with van der Waals surface area (Å²) in [5.41, 5.74) is -0.554. The maximum Gasteiger partial charge on any atom is 0.407 e. The Bertz CT molecular complexity index is 689. The molecule has 2 aliphatic carbocycles. The number of rotatable bonds is 6. The van der Waals surface area contributed by atoms with E-state index in [2.05, 4.69) is 5.32 Å². The highest BCUT2D eigenvalue weighted by atomic mass is 32.2. The Labute approximate surface area is 154 Å². The molecule has 1 N–H and O–H groups in total. The Kier molecular flexibility index (Phi) is 4.98. The summed E-state index contributed by atoms with van der Waals surface area (Å²) in [7, 11) is -3.57. The van der Waals surface area contributed by atoms with Gasteiger partial charge in [-0.1, -0.05) is 13.8 Å². The largest absolute Gasteiger partial charge is 0.463 e. The van der Waals surface area contributed by atoms with Gasteiger partial charge >= 0.3 is 12.1 Å². The van der Waals surface area contributed by atoms with Crippen molar-refractivity contribution in [3.8, 4) is 0 Å². The van der Waals surface area contributed by atoms with Crippen LogP contribution in [0.3, 0.4) is 0 Å². The summed E-state index contributed by atoms with van der Waals surface area (Å²) in [5.74, 6) is -0.484. The standard InChI is InChI=1S/C17H27NO7S/c1-5-17(3,4)15(19)23-7-6-18-16(20)24-12-10-8-11-13(12)25-26(21,22)14(11)9(10)2/h9-14H,5-8H2,1-4H3,(H,18,20). The molecule has 26 heavy (non-hydrogen) atoms. The second kappa shape index (κ2) is 6.67. The molecule has 1 aliphatic heterocycles. The predicted molar refractivity (Wildman–Crippen MR) is 91.6 cm³/mol. The van der Waals surface area contributed by atoms with Gasteiger partial charge in [0.15, 0.2) is 0 Å². The lowest BCUT2D eigenvalue weighted by Gasteiger charge is -2.29. The Balaban J connectivity index is 1.46. The Morgan fingerprint density at radius 3 is 2.62 bits per heavy atom. The van der Waals surface area contributed by atoms with Gasteiger partial charge in [-0.25, -0.2) is 4.79 Å². The topological polar surface area (TPSA) is 108 Å². The molecule has 2 saturated carbocycles. The number of hydrogen-bond donors (Lipinski definition) is 1. The molecule has 0 aromatic heterocycles. The van der Waals surface area contributed by atoms with Crippen LogP contribution in [0.1, 0.15) is 40.5 Å². The van der Waals surface area contributed by atoms with Crippen LogP contribution in [0.15, 0.2) is 0 Å². The van der Waals surface area contributed by atoms with E-state index in [1.54, 1.807) is 13.8 Å². The number of nitrogens with one attached hydrogen (secondary N) is 1. The number of fused-ring (bicyclic) bond motifs is 1. The van der Waals surface area contributed by atoms with Crippen LogP contribution in [0.25, 0.3) is 0 Å².